The van der Waals surface area contributed by atoms with Crippen molar-refractivity contribution in [1.29, 1.82) is 0 Å². The summed E-state index contributed by atoms with van der Waals surface area (Å²) in [7, 11) is 0. The van der Waals surface area contributed by atoms with E-state index in [9.17, 15) is 14.4 Å². The van der Waals surface area contributed by atoms with Crippen LogP contribution in [0, 0.1) is 5.92 Å². The highest BCUT2D eigenvalue weighted by Gasteiger charge is 2.01. The van der Waals surface area contributed by atoms with E-state index in [-0.39, 0.29) is 11.7 Å². The van der Waals surface area contributed by atoms with Crippen LogP contribution in [0.25, 0.3) is 0 Å². The maximum Gasteiger partial charge on any atom is 0.293 e. The third kappa shape index (κ3) is 18.8. The van der Waals surface area contributed by atoms with Crippen LogP contribution in [0.5, 0.6) is 0 Å². The number of amides is 1. The molecular formula is C22H40N4O4. The first-order chi connectivity index (χ1) is 14.4. The number of ketones is 1. The SMILES string of the molecule is CC.CC(C)COC=O.CCCn1cc(CCCCNC(=O)/C=C/C(=O)CC)nn1. The van der Waals surface area contributed by atoms with Crippen molar-refractivity contribution in [3.8, 4) is 0 Å². The number of hydrogen-bond acceptors (Lipinski definition) is 6. The lowest BCUT2D eigenvalue weighted by Gasteiger charge is -2.01. The van der Waals surface area contributed by atoms with Crippen LogP contribution < -0.4 is 5.32 Å². The van der Waals surface area contributed by atoms with Crippen LogP contribution in [0.3, 0.4) is 0 Å². The summed E-state index contributed by atoms with van der Waals surface area (Å²) in [5.74, 6) is 0.191. The van der Waals surface area contributed by atoms with E-state index >= 15 is 0 Å². The number of aryl methyl sites for hydroxylation is 2. The van der Waals surface area contributed by atoms with Crippen LogP contribution >= 0.6 is 0 Å². The van der Waals surface area contributed by atoms with Gasteiger partial charge in [0.15, 0.2) is 5.78 Å². The largest absolute Gasteiger partial charge is 0.468 e. The molecule has 0 saturated heterocycles. The Morgan fingerprint density at radius 3 is 2.43 bits per heavy atom. The molecule has 0 aliphatic heterocycles. The summed E-state index contributed by atoms with van der Waals surface area (Å²) in [6.07, 6.45) is 8.74. The first-order valence-corrected chi connectivity index (χ1v) is 10.9. The van der Waals surface area contributed by atoms with E-state index in [0.717, 1.165) is 37.9 Å². The Hall–Kier alpha value is -2.51. The highest BCUT2D eigenvalue weighted by Crippen LogP contribution is 2.01. The molecule has 0 unspecified atom stereocenters. The summed E-state index contributed by atoms with van der Waals surface area (Å²) in [5, 5.41) is 10.9. The Balaban J connectivity index is 0. The first-order valence-electron chi connectivity index (χ1n) is 10.9. The van der Waals surface area contributed by atoms with E-state index in [0.29, 0.717) is 32.0 Å². The van der Waals surface area contributed by atoms with Gasteiger partial charge in [0.25, 0.3) is 6.47 Å². The fraction of sp³-hybridized carbons (Fsp3) is 0.682. The number of nitrogens with one attached hydrogen (secondary N) is 1. The highest BCUT2D eigenvalue weighted by atomic mass is 16.5. The standard InChI is InChI=1S/C15H24N4O2.C5H10O2.C2H6/c1-3-11-19-12-13(17-18-19)7-5-6-10-16-15(21)9-8-14(20)4-2;1-5(2)3-7-4-6;1-2/h8-9,12H,3-7,10-11H2,1-2H3,(H,16,21);4-5H,3H2,1-2H3;1-2H3/b9-8+;;. The van der Waals surface area contributed by atoms with E-state index < -0.39 is 0 Å². The number of allylic oxidation sites excluding steroid dienone is 1. The second-order valence-electron chi connectivity index (χ2n) is 6.70. The first kappa shape index (κ1) is 29.7. The third-order valence-corrected chi connectivity index (χ3v) is 3.46. The van der Waals surface area contributed by atoms with Crippen LogP contribution in [0.2, 0.25) is 0 Å². The molecule has 1 rings (SSSR count). The van der Waals surface area contributed by atoms with Crippen LogP contribution in [-0.4, -0.2) is 46.3 Å². The monoisotopic (exact) mass is 424 g/mol. The Bertz CT molecular complexity index is 598. The Morgan fingerprint density at radius 1 is 1.20 bits per heavy atom. The molecule has 0 radical (unpaired) electrons. The summed E-state index contributed by atoms with van der Waals surface area (Å²) in [6, 6.07) is 0. The zero-order valence-corrected chi connectivity index (χ0v) is 19.5. The van der Waals surface area contributed by atoms with Crippen molar-refractivity contribution in [2.75, 3.05) is 13.2 Å². The zero-order chi connectivity index (χ0) is 23.2. The lowest BCUT2D eigenvalue weighted by atomic mass is 10.2. The summed E-state index contributed by atoms with van der Waals surface area (Å²) < 4.78 is 6.27. The molecule has 8 heteroatoms. The second kappa shape index (κ2) is 21.2. The molecular weight excluding hydrogens is 384 g/mol. The predicted octanol–water partition coefficient (Wildman–Crippen LogP) is 3.50. The van der Waals surface area contributed by atoms with E-state index in [4.69, 9.17) is 0 Å². The molecule has 0 aromatic carbocycles. The summed E-state index contributed by atoms with van der Waals surface area (Å²) in [5.41, 5.74) is 0.989. The van der Waals surface area contributed by atoms with Gasteiger partial charge in [-0.3, -0.25) is 19.1 Å². The summed E-state index contributed by atoms with van der Waals surface area (Å²) in [4.78, 5) is 31.9. The van der Waals surface area contributed by atoms with Gasteiger partial charge >= 0.3 is 0 Å². The normalized spacial score (nSPS) is 9.97. The second-order valence-corrected chi connectivity index (χ2v) is 6.70. The molecule has 0 bridgehead atoms. The molecule has 1 aromatic rings. The van der Waals surface area contributed by atoms with Crippen molar-refractivity contribution >= 4 is 18.2 Å². The van der Waals surface area contributed by atoms with Gasteiger partial charge in [0.2, 0.25) is 5.91 Å². The molecule has 1 aromatic heterocycles. The Kier molecular flexibility index (Phi) is 21.0. The van der Waals surface area contributed by atoms with E-state index in [1.807, 2.05) is 38.6 Å². The molecule has 0 aliphatic carbocycles. The molecule has 0 aliphatic rings. The van der Waals surface area contributed by atoms with Crippen molar-refractivity contribution in [2.24, 2.45) is 5.92 Å². The van der Waals surface area contributed by atoms with Gasteiger partial charge in [-0.15, -0.1) is 5.10 Å². The molecule has 8 nitrogen and oxygen atoms in total. The molecule has 1 amide bonds. The molecule has 0 spiro atoms. The molecule has 172 valence electrons. The van der Waals surface area contributed by atoms with Gasteiger partial charge in [-0.2, -0.15) is 0 Å². The quantitative estimate of drug-likeness (QED) is 0.295. The van der Waals surface area contributed by atoms with Crippen LogP contribution in [-0.2, 0) is 32.1 Å². The van der Waals surface area contributed by atoms with Gasteiger partial charge in [0, 0.05) is 31.8 Å². The number of nitrogens with zero attached hydrogens (tertiary/aromatic N) is 3. The van der Waals surface area contributed by atoms with Crippen LogP contribution in [0.1, 0.15) is 72.9 Å². The van der Waals surface area contributed by atoms with Gasteiger partial charge in [-0.05, 0) is 37.7 Å². The van der Waals surface area contributed by atoms with Crippen molar-refractivity contribution in [1.82, 2.24) is 20.3 Å². The van der Waals surface area contributed by atoms with Gasteiger partial charge in [-0.1, -0.05) is 46.8 Å². The number of ether oxygens (including phenoxy) is 1. The van der Waals surface area contributed by atoms with Crippen molar-refractivity contribution in [3.05, 3.63) is 24.0 Å². The fourth-order valence-electron chi connectivity index (χ4n) is 2.01. The third-order valence-electron chi connectivity index (χ3n) is 3.46. The van der Waals surface area contributed by atoms with Crippen molar-refractivity contribution in [2.45, 2.75) is 80.2 Å². The Morgan fingerprint density at radius 2 is 1.90 bits per heavy atom. The van der Waals surface area contributed by atoms with Gasteiger partial charge < -0.3 is 10.1 Å². The van der Waals surface area contributed by atoms with Gasteiger partial charge in [0.1, 0.15) is 0 Å². The number of carbonyl (C=O) groups excluding carboxylic acids is 3. The lowest BCUT2D eigenvalue weighted by molar-refractivity contribution is -0.129. The molecule has 0 atom stereocenters. The fourth-order valence-corrected chi connectivity index (χ4v) is 2.01. The van der Waals surface area contributed by atoms with Crippen LogP contribution in [0.4, 0.5) is 0 Å². The van der Waals surface area contributed by atoms with Gasteiger partial charge in [0.05, 0.1) is 12.3 Å². The van der Waals surface area contributed by atoms with Gasteiger partial charge in [-0.25, -0.2) is 0 Å². The van der Waals surface area contributed by atoms with Crippen molar-refractivity contribution in [3.63, 3.8) is 0 Å². The number of aromatic nitrogens is 3. The topological polar surface area (TPSA) is 103 Å². The zero-order valence-electron chi connectivity index (χ0n) is 19.5. The van der Waals surface area contributed by atoms with Crippen molar-refractivity contribution < 1.29 is 19.1 Å². The minimum atomic E-state index is -0.217. The number of unbranched alkanes of at least 4 members (excludes halogenated alkanes) is 1. The van der Waals surface area contributed by atoms with E-state index in [2.05, 4.69) is 27.3 Å². The highest BCUT2D eigenvalue weighted by molar-refractivity contribution is 5.97. The van der Waals surface area contributed by atoms with Crippen LogP contribution in [0.15, 0.2) is 18.3 Å². The molecule has 1 heterocycles. The lowest BCUT2D eigenvalue weighted by Crippen LogP contribution is -2.22. The smallest absolute Gasteiger partial charge is 0.293 e. The van der Waals surface area contributed by atoms with E-state index in [1.165, 1.54) is 12.2 Å². The molecule has 1 N–H and O–H groups in total. The number of rotatable bonds is 13. The molecule has 0 fully saturated rings. The maximum atomic E-state index is 11.4. The minimum Gasteiger partial charge on any atom is -0.468 e. The predicted molar refractivity (Wildman–Crippen MR) is 119 cm³/mol. The minimum absolute atomic E-state index is 0.0414. The van der Waals surface area contributed by atoms with E-state index in [1.54, 1.807) is 6.92 Å². The molecule has 30 heavy (non-hydrogen) atoms. The number of hydrogen-bond donors (Lipinski definition) is 1. The average Bonchev–Trinajstić information content (AvgIpc) is 3.19. The number of carbonyl (C=O) groups is 3. The summed E-state index contributed by atoms with van der Waals surface area (Å²) in [6.45, 7) is 14.3. The Labute approximate surface area is 181 Å². The maximum absolute atomic E-state index is 11.4. The average molecular weight is 425 g/mol. The molecule has 0 saturated carbocycles. The summed E-state index contributed by atoms with van der Waals surface area (Å²) >= 11 is 0.